The zero-order chi connectivity index (χ0) is 18.6. The Bertz CT molecular complexity index is 663. The molecule has 4 aliphatic heterocycles. The van der Waals surface area contributed by atoms with Crippen LogP contribution in [0.4, 0.5) is 0 Å². The number of benzene rings is 1. The molecule has 5 heteroatoms. The molecular formula is C22H31N3O2. The largest absolute Gasteiger partial charge is 0.337 e. The molecule has 0 spiro atoms. The van der Waals surface area contributed by atoms with E-state index in [0.717, 1.165) is 58.4 Å². The molecule has 1 aromatic rings. The van der Waals surface area contributed by atoms with Gasteiger partial charge in [-0.3, -0.25) is 14.5 Å². The number of carbonyl (C=O) groups is 2. The van der Waals surface area contributed by atoms with Crippen molar-refractivity contribution in [2.45, 2.75) is 51.1 Å². The maximum Gasteiger partial charge on any atom is 0.242 e. The van der Waals surface area contributed by atoms with E-state index in [1.807, 2.05) is 0 Å². The first-order valence-electron chi connectivity index (χ1n) is 10.5. The van der Waals surface area contributed by atoms with Crippen molar-refractivity contribution in [3.63, 3.8) is 0 Å². The Morgan fingerprint density at radius 2 is 1.85 bits per heavy atom. The molecule has 4 aliphatic rings. The van der Waals surface area contributed by atoms with Crippen LogP contribution in [-0.2, 0) is 16.1 Å². The average Bonchev–Trinajstić information content (AvgIpc) is 3.07. The second kappa shape index (κ2) is 8.42. The van der Waals surface area contributed by atoms with E-state index in [-0.39, 0.29) is 18.4 Å². The normalized spacial score (nSPS) is 26.7. The van der Waals surface area contributed by atoms with Gasteiger partial charge in [-0.25, -0.2) is 0 Å². The van der Waals surface area contributed by atoms with Crippen molar-refractivity contribution in [1.82, 2.24) is 14.7 Å². The van der Waals surface area contributed by atoms with E-state index in [0.29, 0.717) is 18.4 Å². The van der Waals surface area contributed by atoms with Gasteiger partial charge >= 0.3 is 0 Å². The Labute approximate surface area is 162 Å². The lowest BCUT2D eigenvalue weighted by Crippen LogP contribution is -2.51. The zero-order valence-electron chi connectivity index (χ0n) is 16.2. The molecule has 2 atom stereocenters. The van der Waals surface area contributed by atoms with Gasteiger partial charge < -0.3 is 9.80 Å². The van der Waals surface area contributed by atoms with Crippen LogP contribution in [0, 0.1) is 5.92 Å². The van der Waals surface area contributed by atoms with Gasteiger partial charge in [0.25, 0.3) is 0 Å². The molecule has 0 radical (unpaired) electrons. The fourth-order valence-corrected chi connectivity index (χ4v) is 4.92. The highest BCUT2D eigenvalue weighted by Gasteiger charge is 2.37. The molecule has 5 nitrogen and oxygen atoms in total. The molecule has 4 fully saturated rings. The van der Waals surface area contributed by atoms with Crippen molar-refractivity contribution in [2.75, 3.05) is 32.7 Å². The topological polar surface area (TPSA) is 43.9 Å². The number of fused-ring (bicyclic) bond motifs is 4. The standard InChI is InChI=1S/C22H31N3O2/c26-21-9-5-2-6-12-24(21)17-22(27)25-15-19-10-11-20(25)16-23(14-19)13-18-7-3-1-4-8-18/h1,3-4,7-8,19-20H,2,5-6,9-17H2/t19-,20+/m0/s1. The highest BCUT2D eigenvalue weighted by Crippen LogP contribution is 2.29. The summed E-state index contributed by atoms with van der Waals surface area (Å²) < 4.78 is 0. The lowest BCUT2D eigenvalue weighted by atomic mass is 9.95. The average molecular weight is 370 g/mol. The summed E-state index contributed by atoms with van der Waals surface area (Å²) in [6.07, 6.45) is 5.99. The van der Waals surface area contributed by atoms with Crippen molar-refractivity contribution < 1.29 is 9.59 Å². The van der Waals surface area contributed by atoms with Crippen LogP contribution in [-0.4, -0.2) is 65.3 Å². The molecule has 27 heavy (non-hydrogen) atoms. The van der Waals surface area contributed by atoms with Gasteiger partial charge in [0.2, 0.25) is 11.8 Å². The van der Waals surface area contributed by atoms with E-state index in [9.17, 15) is 9.59 Å². The second-order valence-corrected chi connectivity index (χ2v) is 8.45. The maximum atomic E-state index is 13.0. The van der Waals surface area contributed by atoms with Gasteiger partial charge in [-0.15, -0.1) is 0 Å². The van der Waals surface area contributed by atoms with Gasteiger partial charge in [0, 0.05) is 45.2 Å². The van der Waals surface area contributed by atoms with Crippen LogP contribution in [0.15, 0.2) is 30.3 Å². The summed E-state index contributed by atoms with van der Waals surface area (Å²) in [5.41, 5.74) is 1.34. The van der Waals surface area contributed by atoms with Crippen LogP contribution in [0.3, 0.4) is 0 Å². The van der Waals surface area contributed by atoms with Gasteiger partial charge in [-0.1, -0.05) is 36.8 Å². The molecule has 5 rings (SSSR count). The SMILES string of the molecule is O=C1CCCCCN1CC(=O)N1C[C@H]2CC[C@@H]1CN(Cc1ccccc1)C2. The monoisotopic (exact) mass is 369 g/mol. The molecule has 1 aromatic carbocycles. The zero-order valence-corrected chi connectivity index (χ0v) is 16.2. The molecule has 4 heterocycles. The molecule has 0 aliphatic carbocycles. The number of piperidine rings is 1. The van der Waals surface area contributed by atoms with Gasteiger partial charge in [0.15, 0.2) is 0 Å². The van der Waals surface area contributed by atoms with E-state index in [1.54, 1.807) is 4.90 Å². The minimum Gasteiger partial charge on any atom is -0.337 e. The predicted octanol–water partition coefficient (Wildman–Crippen LogP) is 2.51. The number of nitrogens with zero attached hydrogens (tertiary/aromatic N) is 3. The van der Waals surface area contributed by atoms with Gasteiger partial charge in [0.05, 0.1) is 6.54 Å². The molecule has 2 amide bonds. The van der Waals surface area contributed by atoms with Crippen LogP contribution in [0.5, 0.6) is 0 Å². The highest BCUT2D eigenvalue weighted by atomic mass is 16.2. The number of likely N-dealkylation sites (tertiary alicyclic amines) is 1. The van der Waals surface area contributed by atoms with Crippen molar-refractivity contribution in [2.24, 2.45) is 5.92 Å². The molecule has 0 N–H and O–H groups in total. The van der Waals surface area contributed by atoms with Crippen molar-refractivity contribution in [1.29, 1.82) is 0 Å². The summed E-state index contributed by atoms with van der Waals surface area (Å²) in [5.74, 6) is 0.865. The third-order valence-electron chi connectivity index (χ3n) is 6.36. The van der Waals surface area contributed by atoms with Crippen molar-refractivity contribution in [3.05, 3.63) is 35.9 Å². The van der Waals surface area contributed by atoms with E-state index >= 15 is 0 Å². The molecule has 0 saturated carbocycles. The van der Waals surface area contributed by atoms with E-state index < -0.39 is 0 Å². The Morgan fingerprint density at radius 1 is 1.00 bits per heavy atom. The van der Waals surface area contributed by atoms with Crippen LogP contribution < -0.4 is 0 Å². The predicted molar refractivity (Wildman–Crippen MR) is 105 cm³/mol. The number of rotatable bonds is 4. The van der Waals surface area contributed by atoms with E-state index in [4.69, 9.17) is 0 Å². The molecule has 0 aromatic heterocycles. The lowest BCUT2D eigenvalue weighted by Gasteiger charge is -2.37. The Morgan fingerprint density at radius 3 is 2.70 bits per heavy atom. The third-order valence-corrected chi connectivity index (χ3v) is 6.36. The fraction of sp³-hybridized carbons (Fsp3) is 0.636. The van der Waals surface area contributed by atoms with Crippen molar-refractivity contribution in [3.8, 4) is 0 Å². The number of carbonyl (C=O) groups excluding carboxylic acids is 2. The number of hydrogen-bond acceptors (Lipinski definition) is 3. The van der Waals surface area contributed by atoms with Crippen molar-refractivity contribution >= 4 is 11.8 Å². The summed E-state index contributed by atoms with van der Waals surface area (Å²) in [5, 5.41) is 0. The van der Waals surface area contributed by atoms with Crippen LogP contribution >= 0.6 is 0 Å². The third kappa shape index (κ3) is 4.52. The quantitative estimate of drug-likeness (QED) is 0.819. The van der Waals surface area contributed by atoms with Gasteiger partial charge in [-0.2, -0.15) is 0 Å². The smallest absolute Gasteiger partial charge is 0.242 e. The lowest BCUT2D eigenvalue weighted by molar-refractivity contribution is -0.142. The molecule has 146 valence electrons. The van der Waals surface area contributed by atoms with Crippen LogP contribution in [0.2, 0.25) is 0 Å². The molecule has 0 unspecified atom stereocenters. The number of hydrogen-bond donors (Lipinski definition) is 0. The molecule has 2 bridgehead atoms. The summed E-state index contributed by atoms with van der Waals surface area (Å²) >= 11 is 0. The first-order chi connectivity index (χ1) is 13.2. The number of amides is 2. The Kier molecular flexibility index (Phi) is 5.77. The van der Waals surface area contributed by atoms with E-state index in [1.165, 1.54) is 12.0 Å². The van der Waals surface area contributed by atoms with Gasteiger partial charge in [-0.05, 0) is 37.2 Å². The summed E-state index contributed by atoms with van der Waals surface area (Å²) in [6.45, 7) is 4.85. The highest BCUT2D eigenvalue weighted by molar-refractivity contribution is 5.85. The minimum atomic E-state index is 0.154. The summed E-state index contributed by atoms with van der Waals surface area (Å²) in [4.78, 5) is 31.7. The first kappa shape index (κ1) is 18.5. The second-order valence-electron chi connectivity index (χ2n) is 8.45. The summed E-state index contributed by atoms with van der Waals surface area (Å²) in [6, 6.07) is 10.9. The summed E-state index contributed by atoms with van der Waals surface area (Å²) in [7, 11) is 0. The van der Waals surface area contributed by atoms with Gasteiger partial charge in [0.1, 0.15) is 0 Å². The minimum absolute atomic E-state index is 0.154. The van der Waals surface area contributed by atoms with Crippen LogP contribution in [0.1, 0.15) is 44.1 Å². The van der Waals surface area contributed by atoms with Crippen LogP contribution in [0.25, 0.3) is 0 Å². The maximum absolute atomic E-state index is 13.0. The fourth-order valence-electron chi connectivity index (χ4n) is 4.92. The first-order valence-corrected chi connectivity index (χ1v) is 10.5. The molecular weight excluding hydrogens is 338 g/mol. The Hall–Kier alpha value is -1.88. The van der Waals surface area contributed by atoms with E-state index in [2.05, 4.69) is 40.1 Å². The Balaban J connectivity index is 1.39. The molecule has 4 saturated heterocycles.